The number of aromatic nitrogens is 2. The van der Waals surface area contributed by atoms with Crippen LogP contribution < -0.4 is 10.1 Å². The van der Waals surface area contributed by atoms with Gasteiger partial charge in [0.15, 0.2) is 6.61 Å². The standard InChI is InChI=1S/C16H17N3O2S2/c1-10(2)16(14-4-3-7-22-14)17-15(20)9-21-11-5-6-12-13(8-11)19-23-18-12/h3-8,10,16H,9H2,1-2H3,(H,17,20). The number of thiophene rings is 1. The summed E-state index contributed by atoms with van der Waals surface area (Å²) in [5.41, 5.74) is 1.62. The van der Waals surface area contributed by atoms with E-state index in [2.05, 4.69) is 27.9 Å². The molecule has 5 nitrogen and oxygen atoms in total. The molecular formula is C16H17N3O2S2. The summed E-state index contributed by atoms with van der Waals surface area (Å²) in [5.74, 6) is 0.807. The fourth-order valence-corrected chi connectivity index (χ4v) is 3.72. The van der Waals surface area contributed by atoms with Gasteiger partial charge >= 0.3 is 0 Å². The van der Waals surface area contributed by atoms with Crippen molar-refractivity contribution in [1.82, 2.24) is 14.1 Å². The molecule has 1 atom stereocenters. The van der Waals surface area contributed by atoms with E-state index in [1.807, 2.05) is 23.6 Å². The first-order chi connectivity index (χ1) is 11.1. The fourth-order valence-electron chi connectivity index (χ4n) is 2.25. The number of ether oxygens (including phenoxy) is 1. The minimum atomic E-state index is -0.131. The van der Waals surface area contributed by atoms with Crippen LogP contribution in [0.5, 0.6) is 5.75 Å². The maximum atomic E-state index is 12.2. The van der Waals surface area contributed by atoms with Gasteiger partial charge < -0.3 is 10.1 Å². The SMILES string of the molecule is CC(C)C(NC(=O)COc1ccc2nsnc2c1)c1cccs1. The predicted molar refractivity (Wildman–Crippen MR) is 93.0 cm³/mol. The van der Waals surface area contributed by atoms with Crippen LogP contribution in [-0.2, 0) is 4.79 Å². The Morgan fingerprint density at radius 3 is 2.83 bits per heavy atom. The smallest absolute Gasteiger partial charge is 0.258 e. The molecule has 0 fully saturated rings. The minimum absolute atomic E-state index is 0.0105. The van der Waals surface area contributed by atoms with Gasteiger partial charge in [-0.2, -0.15) is 8.75 Å². The number of carbonyl (C=O) groups excluding carboxylic acids is 1. The van der Waals surface area contributed by atoms with Gasteiger partial charge in [-0.05, 0) is 29.5 Å². The maximum absolute atomic E-state index is 12.2. The van der Waals surface area contributed by atoms with Gasteiger partial charge in [-0.25, -0.2) is 0 Å². The predicted octanol–water partition coefficient (Wildman–Crippen LogP) is 3.65. The van der Waals surface area contributed by atoms with Crippen LogP contribution in [0, 0.1) is 5.92 Å². The highest BCUT2D eigenvalue weighted by molar-refractivity contribution is 7.10. The molecular weight excluding hydrogens is 330 g/mol. The van der Waals surface area contributed by atoms with E-state index in [0.29, 0.717) is 11.7 Å². The summed E-state index contributed by atoms with van der Waals surface area (Å²) in [6, 6.07) is 9.49. The maximum Gasteiger partial charge on any atom is 0.258 e. The fraction of sp³-hybridized carbons (Fsp3) is 0.312. The van der Waals surface area contributed by atoms with E-state index in [0.717, 1.165) is 27.6 Å². The summed E-state index contributed by atoms with van der Waals surface area (Å²) in [5, 5.41) is 5.06. The normalized spacial score (nSPS) is 12.5. The molecule has 7 heteroatoms. The molecule has 0 saturated carbocycles. The third-order valence-electron chi connectivity index (χ3n) is 3.43. The molecule has 120 valence electrons. The van der Waals surface area contributed by atoms with E-state index in [9.17, 15) is 4.79 Å². The zero-order valence-electron chi connectivity index (χ0n) is 12.9. The molecule has 0 radical (unpaired) electrons. The van der Waals surface area contributed by atoms with Crippen molar-refractivity contribution in [2.75, 3.05) is 6.61 Å². The van der Waals surface area contributed by atoms with Crippen molar-refractivity contribution in [2.45, 2.75) is 19.9 Å². The van der Waals surface area contributed by atoms with Gasteiger partial charge in [0.25, 0.3) is 5.91 Å². The number of hydrogen-bond donors (Lipinski definition) is 1. The van der Waals surface area contributed by atoms with Crippen LogP contribution in [0.2, 0.25) is 0 Å². The quantitative estimate of drug-likeness (QED) is 0.739. The molecule has 3 rings (SSSR count). The van der Waals surface area contributed by atoms with Crippen LogP contribution >= 0.6 is 23.1 Å². The van der Waals surface area contributed by atoms with E-state index in [4.69, 9.17) is 4.74 Å². The average Bonchev–Trinajstić information content (AvgIpc) is 3.20. The average molecular weight is 347 g/mol. The molecule has 1 N–H and O–H groups in total. The Labute approximate surface area is 142 Å². The number of amides is 1. The minimum Gasteiger partial charge on any atom is -0.484 e. The second-order valence-corrected chi connectivity index (χ2v) is 7.02. The third kappa shape index (κ3) is 3.86. The Kier molecular flexibility index (Phi) is 4.88. The Balaban J connectivity index is 1.60. The second kappa shape index (κ2) is 7.06. The van der Waals surface area contributed by atoms with Gasteiger partial charge in [0, 0.05) is 10.9 Å². The lowest BCUT2D eigenvalue weighted by Gasteiger charge is -2.21. The van der Waals surface area contributed by atoms with Gasteiger partial charge in [0.2, 0.25) is 0 Å². The van der Waals surface area contributed by atoms with Crippen LogP contribution in [0.25, 0.3) is 11.0 Å². The molecule has 0 saturated heterocycles. The molecule has 0 bridgehead atoms. The highest BCUT2D eigenvalue weighted by atomic mass is 32.1. The Bertz CT molecular complexity index is 784. The number of nitrogens with zero attached hydrogens (tertiary/aromatic N) is 2. The number of rotatable bonds is 6. The van der Waals surface area contributed by atoms with Crippen LogP contribution in [-0.4, -0.2) is 21.3 Å². The van der Waals surface area contributed by atoms with Crippen molar-refractivity contribution in [3.8, 4) is 5.75 Å². The third-order valence-corrected chi connectivity index (χ3v) is 4.94. The number of nitrogens with one attached hydrogen (secondary N) is 1. The first kappa shape index (κ1) is 15.9. The molecule has 2 aromatic heterocycles. The lowest BCUT2D eigenvalue weighted by atomic mass is 10.0. The first-order valence-corrected chi connectivity index (χ1v) is 8.92. The van der Waals surface area contributed by atoms with Crippen molar-refractivity contribution in [2.24, 2.45) is 5.92 Å². The van der Waals surface area contributed by atoms with Crippen LogP contribution in [0.1, 0.15) is 24.8 Å². The highest BCUT2D eigenvalue weighted by Crippen LogP contribution is 2.25. The van der Waals surface area contributed by atoms with Gasteiger partial charge in [-0.1, -0.05) is 19.9 Å². The molecule has 1 amide bonds. The molecule has 23 heavy (non-hydrogen) atoms. The lowest BCUT2D eigenvalue weighted by molar-refractivity contribution is -0.124. The molecule has 2 heterocycles. The largest absolute Gasteiger partial charge is 0.484 e. The van der Waals surface area contributed by atoms with Crippen molar-refractivity contribution in [1.29, 1.82) is 0 Å². The van der Waals surface area contributed by atoms with E-state index in [1.54, 1.807) is 23.5 Å². The van der Waals surface area contributed by atoms with E-state index in [-0.39, 0.29) is 18.6 Å². The topological polar surface area (TPSA) is 64.1 Å². The number of hydrogen-bond acceptors (Lipinski definition) is 6. The Morgan fingerprint density at radius 2 is 2.09 bits per heavy atom. The molecule has 1 aromatic carbocycles. The van der Waals surface area contributed by atoms with Crippen molar-refractivity contribution in [3.05, 3.63) is 40.6 Å². The van der Waals surface area contributed by atoms with Gasteiger partial charge in [0.1, 0.15) is 16.8 Å². The molecule has 0 aliphatic carbocycles. The lowest BCUT2D eigenvalue weighted by Crippen LogP contribution is -2.34. The van der Waals surface area contributed by atoms with Crippen molar-refractivity contribution in [3.63, 3.8) is 0 Å². The molecule has 0 spiro atoms. The summed E-state index contributed by atoms with van der Waals surface area (Å²) in [6.07, 6.45) is 0. The number of fused-ring (bicyclic) bond motifs is 1. The van der Waals surface area contributed by atoms with Gasteiger partial charge in [0.05, 0.1) is 17.8 Å². The summed E-state index contributed by atoms with van der Waals surface area (Å²) in [6.45, 7) is 4.17. The molecule has 1 unspecified atom stereocenters. The van der Waals surface area contributed by atoms with E-state index >= 15 is 0 Å². The monoisotopic (exact) mass is 347 g/mol. The zero-order chi connectivity index (χ0) is 16.2. The highest BCUT2D eigenvalue weighted by Gasteiger charge is 2.19. The Hall–Kier alpha value is -1.99. The van der Waals surface area contributed by atoms with Crippen molar-refractivity contribution < 1.29 is 9.53 Å². The van der Waals surface area contributed by atoms with Crippen LogP contribution in [0.15, 0.2) is 35.7 Å². The van der Waals surface area contributed by atoms with E-state index < -0.39 is 0 Å². The van der Waals surface area contributed by atoms with E-state index in [1.165, 1.54) is 0 Å². The van der Waals surface area contributed by atoms with Gasteiger partial charge in [-0.15, -0.1) is 11.3 Å². The molecule has 0 aliphatic heterocycles. The number of benzene rings is 1. The Morgan fingerprint density at radius 1 is 1.26 bits per heavy atom. The van der Waals surface area contributed by atoms with Crippen molar-refractivity contribution >= 4 is 40.0 Å². The molecule has 0 aliphatic rings. The molecule has 3 aromatic rings. The number of carbonyl (C=O) groups is 1. The zero-order valence-corrected chi connectivity index (χ0v) is 14.5. The first-order valence-electron chi connectivity index (χ1n) is 7.31. The summed E-state index contributed by atoms with van der Waals surface area (Å²) in [7, 11) is 0. The summed E-state index contributed by atoms with van der Waals surface area (Å²) in [4.78, 5) is 13.3. The van der Waals surface area contributed by atoms with Crippen LogP contribution in [0.4, 0.5) is 0 Å². The van der Waals surface area contributed by atoms with Gasteiger partial charge in [-0.3, -0.25) is 4.79 Å². The second-order valence-electron chi connectivity index (χ2n) is 5.51. The summed E-state index contributed by atoms with van der Waals surface area (Å²) >= 11 is 2.81. The van der Waals surface area contributed by atoms with Crippen LogP contribution in [0.3, 0.4) is 0 Å². The summed E-state index contributed by atoms with van der Waals surface area (Å²) < 4.78 is 13.9.